The number of nitrogens with one attached hydrogen (secondary N) is 1. The minimum atomic E-state index is -0.121. The first kappa shape index (κ1) is 15.0. The van der Waals surface area contributed by atoms with Crippen LogP contribution >= 0.6 is 0 Å². The SMILES string of the molecule is N#Cc1ccc(N2CCC(NC(=O)c3ccccn3)CC2)cn1. The number of nitriles is 1. The van der Waals surface area contributed by atoms with E-state index in [0.717, 1.165) is 31.6 Å². The zero-order valence-electron chi connectivity index (χ0n) is 12.6. The van der Waals surface area contributed by atoms with Crippen molar-refractivity contribution in [2.45, 2.75) is 18.9 Å². The molecule has 3 heterocycles. The molecule has 6 nitrogen and oxygen atoms in total. The average Bonchev–Trinajstić information content (AvgIpc) is 2.63. The van der Waals surface area contributed by atoms with Crippen molar-refractivity contribution < 1.29 is 4.79 Å². The average molecular weight is 307 g/mol. The summed E-state index contributed by atoms with van der Waals surface area (Å²) in [5, 5.41) is 11.8. The maximum Gasteiger partial charge on any atom is 0.270 e. The lowest BCUT2D eigenvalue weighted by Crippen LogP contribution is -2.44. The predicted molar refractivity (Wildman–Crippen MR) is 85.9 cm³/mol. The number of anilines is 1. The fourth-order valence-electron chi connectivity index (χ4n) is 2.68. The molecule has 3 rings (SSSR count). The molecule has 1 N–H and O–H groups in total. The molecular weight excluding hydrogens is 290 g/mol. The molecule has 2 aromatic heterocycles. The van der Waals surface area contributed by atoms with Gasteiger partial charge in [0, 0.05) is 25.3 Å². The second-order valence-electron chi connectivity index (χ2n) is 5.46. The van der Waals surface area contributed by atoms with Gasteiger partial charge in [0.2, 0.25) is 0 Å². The molecule has 0 radical (unpaired) electrons. The van der Waals surface area contributed by atoms with Crippen LogP contribution in [-0.4, -0.2) is 35.0 Å². The molecule has 6 heteroatoms. The highest BCUT2D eigenvalue weighted by Crippen LogP contribution is 2.19. The summed E-state index contributed by atoms with van der Waals surface area (Å²) in [5.41, 5.74) is 1.89. The van der Waals surface area contributed by atoms with E-state index in [0.29, 0.717) is 11.4 Å². The van der Waals surface area contributed by atoms with E-state index < -0.39 is 0 Å². The molecule has 116 valence electrons. The highest BCUT2D eigenvalue weighted by molar-refractivity contribution is 5.92. The van der Waals surface area contributed by atoms with Crippen LogP contribution in [0.5, 0.6) is 0 Å². The molecule has 0 atom stereocenters. The largest absolute Gasteiger partial charge is 0.370 e. The van der Waals surface area contributed by atoms with Crippen LogP contribution in [-0.2, 0) is 0 Å². The molecule has 23 heavy (non-hydrogen) atoms. The minimum absolute atomic E-state index is 0.121. The Hall–Kier alpha value is -2.94. The van der Waals surface area contributed by atoms with Crippen molar-refractivity contribution >= 4 is 11.6 Å². The molecule has 0 spiro atoms. The molecule has 0 unspecified atom stereocenters. The highest BCUT2D eigenvalue weighted by Gasteiger charge is 2.21. The smallest absolute Gasteiger partial charge is 0.270 e. The number of piperidine rings is 1. The Morgan fingerprint density at radius 1 is 1.22 bits per heavy atom. The number of amides is 1. The quantitative estimate of drug-likeness (QED) is 0.934. The predicted octanol–water partition coefficient (Wildman–Crippen LogP) is 1.75. The molecule has 1 fully saturated rings. The van der Waals surface area contributed by atoms with Crippen LogP contribution in [0, 0.1) is 11.3 Å². The molecule has 2 aromatic rings. The third-order valence-corrected chi connectivity index (χ3v) is 3.96. The molecule has 1 saturated heterocycles. The maximum atomic E-state index is 12.1. The van der Waals surface area contributed by atoms with Gasteiger partial charge in [-0.3, -0.25) is 9.78 Å². The van der Waals surface area contributed by atoms with Gasteiger partial charge < -0.3 is 10.2 Å². The Morgan fingerprint density at radius 2 is 2.04 bits per heavy atom. The third kappa shape index (κ3) is 3.64. The Bertz CT molecular complexity index is 700. The fourth-order valence-corrected chi connectivity index (χ4v) is 2.68. The summed E-state index contributed by atoms with van der Waals surface area (Å²) in [7, 11) is 0. The number of carbonyl (C=O) groups is 1. The van der Waals surface area contributed by atoms with Crippen LogP contribution in [0.3, 0.4) is 0 Å². The van der Waals surface area contributed by atoms with E-state index in [4.69, 9.17) is 5.26 Å². The Morgan fingerprint density at radius 3 is 2.65 bits per heavy atom. The monoisotopic (exact) mass is 307 g/mol. The van der Waals surface area contributed by atoms with Gasteiger partial charge in [0.1, 0.15) is 17.5 Å². The van der Waals surface area contributed by atoms with E-state index in [1.807, 2.05) is 18.2 Å². The number of hydrogen-bond acceptors (Lipinski definition) is 5. The van der Waals surface area contributed by atoms with Gasteiger partial charge in [-0.05, 0) is 37.1 Å². The van der Waals surface area contributed by atoms with Crippen molar-refractivity contribution in [1.82, 2.24) is 15.3 Å². The maximum absolute atomic E-state index is 12.1. The zero-order chi connectivity index (χ0) is 16.1. The van der Waals surface area contributed by atoms with Crippen LogP contribution in [0.4, 0.5) is 5.69 Å². The van der Waals surface area contributed by atoms with Gasteiger partial charge in [-0.15, -0.1) is 0 Å². The first-order chi connectivity index (χ1) is 11.3. The lowest BCUT2D eigenvalue weighted by atomic mass is 10.0. The number of pyridine rings is 2. The van der Waals surface area contributed by atoms with Gasteiger partial charge in [-0.25, -0.2) is 4.98 Å². The van der Waals surface area contributed by atoms with Crippen LogP contribution in [0.15, 0.2) is 42.7 Å². The van der Waals surface area contributed by atoms with Crippen molar-refractivity contribution in [3.8, 4) is 6.07 Å². The van der Waals surface area contributed by atoms with Gasteiger partial charge in [0.05, 0.1) is 11.9 Å². The number of hydrogen-bond donors (Lipinski definition) is 1. The lowest BCUT2D eigenvalue weighted by molar-refractivity contribution is 0.0926. The topological polar surface area (TPSA) is 81.9 Å². The summed E-state index contributed by atoms with van der Waals surface area (Å²) in [5.74, 6) is -0.121. The van der Waals surface area contributed by atoms with Crippen molar-refractivity contribution in [3.63, 3.8) is 0 Å². The zero-order valence-corrected chi connectivity index (χ0v) is 12.6. The second kappa shape index (κ2) is 6.88. The summed E-state index contributed by atoms with van der Waals surface area (Å²) in [6.45, 7) is 1.70. The van der Waals surface area contributed by atoms with Gasteiger partial charge in [0.25, 0.3) is 5.91 Å². The number of rotatable bonds is 3. The normalized spacial score (nSPS) is 15.0. The summed E-state index contributed by atoms with van der Waals surface area (Å²) in [6.07, 6.45) is 5.10. The van der Waals surface area contributed by atoms with E-state index in [2.05, 4.69) is 20.2 Å². The van der Waals surface area contributed by atoms with Crippen molar-refractivity contribution in [2.24, 2.45) is 0 Å². The van der Waals surface area contributed by atoms with Crippen molar-refractivity contribution in [1.29, 1.82) is 5.26 Å². The fraction of sp³-hybridized carbons (Fsp3) is 0.294. The lowest BCUT2D eigenvalue weighted by Gasteiger charge is -2.33. The van der Waals surface area contributed by atoms with Gasteiger partial charge in [0.15, 0.2) is 0 Å². The van der Waals surface area contributed by atoms with Crippen LogP contribution in [0.1, 0.15) is 29.0 Å². The van der Waals surface area contributed by atoms with Gasteiger partial charge >= 0.3 is 0 Å². The molecule has 0 bridgehead atoms. The van der Waals surface area contributed by atoms with Crippen LogP contribution in [0.25, 0.3) is 0 Å². The Balaban J connectivity index is 1.54. The van der Waals surface area contributed by atoms with Gasteiger partial charge in [-0.1, -0.05) is 6.07 Å². The molecule has 1 aliphatic rings. The first-order valence-corrected chi connectivity index (χ1v) is 7.59. The highest BCUT2D eigenvalue weighted by atomic mass is 16.1. The van der Waals surface area contributed by atoms with E-state index in [9.17, 15) is 4.79 Å². The van der Waals surface area contributed by atoms with E-state index in [1.54, 1.807) is 30.6 Å². The molecule has 0 aliphatic carbocycles. The Labute approximate surface area is 134 Å². The summed E-state index contributed by atoms with van der Waals surface area (Å²) >= 11 is 0. The standard InChI is InChI=1S/C17H17N5O/c18-11-14-4-5-15(12-20-14)22-9-6-13(7-10-22)21-17(23)16-3-1-2-8-19-16/h1-5,8,12-13H,6-7,9-10H2,(H,21,23). The number of carbonyl (C=O) groups excluding carboxylic acids is 1. The first-order valence-electron chi connectivity index (χ1n) is 7.59. The van der Waals surface area contributed by atoms with E-state index in [1.165, 1.54) is 0 Å². The van der Waals surface area contributed by atoms with Gasteiger partial charge in [-0.2, -0.15) is 5.26 Å². The summed E-state index contributed by atoms with van der Waals surface area (Å²) < 4.78 is 0. The summed E-state index contributed by atoms with van der Waals surface area (Å²) in [4.78, 5) is 22.5. The molecule has 0 saturated carbocycles. The molecule has 1 aliphatic heterocycles. The minimum Gasteiger partial charge on any atom is -0.370 e. The van der Waals surface area contributed by atoms with E-state index in [-0.39, 0.29) is 11.9 Å². The second-order valence-corrected chi connectivity index (χ2v) is 5.46. The van der Waals surface area contributed by atoms with Crippen LogP contribution < -0.4 is 10.2 Å². The Kier molecular flexibility index (Phi) is 4.48. The third-order valence-electron chi connectivity index (χ3n) is 3.96. The summed E-state index contributed by atoms with van der Waals surface area (Å²) in [6, 6.07) is 11.1. The molecule has 0 aromatic carbocycles. The van der Waals surface area contributed by atoms with E-state index >= 15 is 0 Å². The number of aromatic nitrogens is 2. The van der Waals surface area contributed by atoms with Crippen LogP contribution in [0.2, 0.25) is 0 Å². The van der Waals surface area contributed by atoms with Crippen molar-refractivity contribution in [2.75, 3.05) is 18.0 Å². The molecular formula is C17H17N5O. The van der Waals surface area contributed by atoms with Crippen molar-refractivity contribution in [3.05, 3.63) is 54.1 Å². The number of nitrogens with zero attached hydrogens (tertiary/aromatic N) is 4. The molecule has 1 amide bonds.